The number of hydrogen-bond acceptors (Lipinski definition) is 4. The number of sulfonamides is 1. The molecule has 0 atom stereocenters. The molecule has 1 aromatic carbocycles. The number of anilines is 2. The van der Waals surface area contributed by atoms with Crippen LogP contribution in [0.5, 0.6) is 0 Å². The lowest BCUT2D eigenvalue weighted by Crippen LogP contribution is -2.18. The van der Waals surface area contributed by atoms with Crippen molar-refractivity contribution in [2.24, 2.45) is 0 Å². The summed E-state index contributed by atoms with van der Waals surface area (Å²) in [4.78, 5) is 4.13. The van der Waals surface area contributed by atoms with Crippen LogP contribution in [0.3, 0.4) is 0 Å². The van der Waals surface area contributed by atoms with Gasteiger partial charge in [0.05, 0.1) is 17.6 Å². The third kappa shape index (κ3) is 6.28. The predicted octanol–water partition coefficient (Wildman–Crippen LogP) is 3.28. The fourth-order valence-electron chi connectivity index (χ4n) is 2.19. The second-order valence-corrected chi connectivity index (χ2v) is 7.58. The molecule has 1 heterocycles. The molecular weight excluding hydrogens is 310 g/mol. The van der Waals surface area contributed by atoms with Gasteiger partial charge in [-0.3, -0.25) is 4.72 Å². The first-order chi connectivity index (χ1) is 10.9. The van der Waals surface area contributed by atoms with Crippen molar-refractivity contribution >= 4 is 21.5 Å². The lowest BCUT2D eigenvalue weighted by atomic mass is 10.1. The maximum Gasteiger partial charge on any atom is 0.233 e. The molecule has 0 fully saturated rings. The van der Waals surface area contributed by atoms with Crippen LogP contribution in [0.25, 0.3) is 0 Å². The molecule has 0 amide bonds. The first-order valence-electron chi connectivity index (χ1n) is 7.71. The highest BCUT2D eigenvalue weighted by molar-refractivity contribution is 7.92. The van der Waals surface area contributed by atoms with E-state index in [4.69, 9.17) is 0 Å². The van der Waals surface area contributed by atoms with Gasteiger partial charge in [-0.05, 0) is 44.4 Å². The summed E-state index contributed by atoms with van der Waals surface area (Å²) in [5.74, 6) is 0.425. The van der Waals surface area contributed by atoms with Crippen molar-refractivity contribution in [3.63, 3.8) is 0 Å². The van der Waals surface area contributed by atoms with E-state index in [1.54, 1.807) is 12.3 Å². The van der Waals surface area contributed by atoms with E-state index in [2.05, 4.69) is 15.0 Å². The van der Waals surface area contributed by atoms with Gasteiger partial charge >= 0.3 is 0 Å². The Morgan fingerprint density at radius 1 is 1.09 bits per heavy atom. The predicted molar refractivity (Wildman–Crippen MR) is 95.2 cm³/mol. The Hall–Kier alpha value is -2.08. The maximum absolute atomic E-state index is 12.1. The molecule has 2 N–H and O–H groups in total. The molecule has 0 saturated heterocycles. The number of benzene rings is 1. The van der Waals surface area contributed by atoms with E-state index in [-0.39, 0.29) is 5.75 Å². The smallest absolute Gasteiger partial charge is 0.233 e. The minimum absolute atomic E-state index is 0.0789. The zero-order chi connectivity index (χ0) is 16.7. The van der Waals surface area contributed by atoms with Crippen LogP contribution in [-0.2, 0) is 16.4 Å². The molecule has 1 aromatic heterocycles. The standard InChI is InChI=1S/C17H23N3O2S/c1-14(2)19-16-10-11-17(18-13-16)20-23(21,22)12-6-9-15-7-4-3-5-8-15/h3-5,7-8,10-11,13-14,19H,6,9,12H2,1-2H3,(H,18,20). The van der Waals surface area contributed by atoms with Gasteiger partial charge in [-0.2, -0.15) is 0 Å². The van der Waals surface area contributed by atoms with Gasteiger partial charge in [0, 0.05) is 6.04 Å². The maximum atomic E-state index is 12.1. The summed E-state index contributed by atoms with van der Waals surface area (Å²) < 4.78 is 26.7. The van der Waals surface area contributed by atoms with E-state index in [1.807, 2.05) is 50.2 Å². The third-order valence-corrected chi connectivity index (χ3v) is 4.55. The average Bonchev–Trinajstić information content (AvgIpc) is 2.49. The van der Waals surface area contributed by atoms with Crippen molar-refractivity contribution in [3.05, 3.63) is 54.2 Å². The fourth-order valence-corrected chi connectivity index (χ4v) is 3.26. The number of nitrogens with one attached hydrogen (secondary N) is 2. The van der Waals surface area contributed by atoms with Gasteiger partial charge in [-0.1, -0.05) is 30.3 Å². The molecular formula is C17H23N3O2S. The van der Waals surface area contributed by atoms with Gasteiger partial charge in [0.25, 0.3) is 0 Å². The number of aromatic nitrogens is 1. The molecule has 2 rings (SSSR count). The quantitative estimate of drug-likeness (QED) is 0.778. The van der Waals surface area contributed by atoms with Crippen LogP contribution in [0.4, 0.5) is 11.5 Å². The van der Waals surface area contributed by atoms with Crippen LogP contribution in [0.15, 0.2) is 48.7 Å². The van der Waals surface area contributed by atoms with Crippen LogP contribution in [-0.4, -0.2) is 25.2 Å². The lowest BCUT2D eigenvalue weighted by molar-refractivity contribution is 0.598. The van der Waals surface area contributed by atoms with Crippen molar-refractivity contribution in [1.29, 1.82) is 0 Å². The molecule has 6 heteroatoms. The van der Waals surface area contributed by atoms with E-state index in [9.17, 15) is 8.42 Å². The van der Waals surface area contributed by atoms with E-state index in [0.29, 0.717) is 18.3 Å². The summed E-state index contributed by atoms with van der Waals surface area (Å²) in [7, 11) is -3.37. The number of hydrogen-bond donors (Lipinski definition) is 2. The highest BCUT2D eigenvalue weighted by atomic mass is 32.2. The van der Waals surface area contributed by atoms with E-state index >= 15 is 0 Å². The van der Waals surface area contributed by atoms with E-state index < -0.39 is 10.0 Å². The summed E-state index contributed by atoms with van der Waals surface area (Å²) in [5, 5.41) is 3.21. The van der Waals surface area contributed by atoms with Gasteiger partial charge in [0.1, 0.15) is 5.82 Å². The summed E-state index contributed by atoms with van der Waals surface area (Å²) in [6, 6.07) is 13.7. The Labute approximate surface area is 138 Å². The van der Waals surface area contributed by atoms with Gasteiger partial charge in [-0.15, -0.1) is 0 Å². The molecule has 2 aromatic rings. The topological polar surface area (TPSA) is 71.1 Å². The van der Waals surface area contributed by atoms with Gasteiger partial charge in [0.2, 0.25) is 10.0 Å². The third-order valence-electron chi connectivity index (χ3n) is 3.20. The normalized spacial score (nSPS) is 11.4. The van der Waals surface area contributed by atoms with Crippen molar-refractivity contribution in [2.45, 2.75) is 32.7 Å². The van der Waals surface area contributed by atoms with Gasteiger partial charge in [0.15, 0.2) is 0 Å². The summed E-state index contributed by atoms with van der Waals surface area (Å²) in [6.07, 6.45) is 2.95. The minimum Gasteiger partial charge on any atom is -0.382 e. The average molecular weight is 333 g/mol. The Morgan fingerprint density at radius 3 is 2.43 bits per heavy atom. The zero-order valence-electron chi connectivity index (χ0n) is 13.5. The molecule has 0 radical (unpaired) electrons. The van der Waals surface area contributed by atoms with Crippen molar-refractivity contribution in [2.75, 3.05) is 15.8 Å². The Balaban J connectivity index is 1.85. The largest absolute Gasteiger partial charge is 0.382 e. The molecule has 0 aliphatic carbocycles. The number of pyridine rings is 1. The zero-order valence-corrected chi connectivity index (χ0v) is 14.3. The number of aryl methyl sites for hydroxylation is 1. The molecule has 0 aliphatic heterocycles. The van der Waals surface area contributed by atoms with Gasteiger partial charge < -0.3 is 5.32 Å². The first kappa shape index (κ1) is 17.3. The summed E-state index contributed by atoms with van der Waals surface area (Å²) in [6.45, 7) is 4.06. The number of nitrogens with zero attached hydrogens (tertiary/aromatic N) is 1. The molecule has 5 nitrogen and oxygen atoms in total. The van der Waals surface area contributed by atoms with Crippen molar-refractivity contribution in [1.82, 2.24) is 4.98 Å². The molecule has 124 valence electrons. The molecule has 23 heavy (non-hydrogen) atoms. The number of rotatable bonds is 8. The monoisotopic (exact) mass is 333 g/mol. The molecule has 0 bridgehead atoms. The van der Waals surface area contributed by atoms with Crippen LogP contribution in [0.1, 0.15) is 25.8 Å². The Bertz CT molecular complexity index is 698. The van der Waals surface area contributed by atoms with E-state index in [1.165, 1.54) is 0 Å². The summed E-state index contributed by atoms with van der Waals surface area (Å²) >= 11 is 0. The molecule has 0 spiro atoms. The second kappa shape index (κ2) is 7.97. The molecule has 0 aliphatic rings. The summed E-state index contributed by atoms with van der Waals surface area (Å²) in [5.41, 5.74) is 2.01. The van der Waals surface area contributed by atoms with Crippen LogP contribution in [0, 0.1) is 0 Å². The highest BCUT2D eigenvalue weighted by Crippen LogP contribution is 2.13. The fraction of sp³-hybridized carbons (Fsp3) is 0.353. The SMILES string of the molecule is CC(C)Nc1ccc(NS(=O)(=O)CCCc2ccccc2)nc1. The second-order valence-electron chi connectivity index (χ2n) is 5.74. The van der Waals surface area contributed by atoms with Gasteiger partial charge in [-0.25, -0.2) is 13.4 Å². The molecule has 0 saturated carbocycles. The lowest BCUT2D eigenvalue weighted by Gasteiger charge is -2.11. The van der Waals surface area contributed by atoms with E-state index in [0.717, 1.165) is 17.7 Å². The minimum atomic E-state index is -3.37. The van der Waals surface area contributed by atoms with Crippen LogP contribution >= 0.6 is 0 Å². The molecule has 0 unspecified atom stereocenters. The van der Waals surface area contributed by atoms with Crippen LogP contribution in [0.2, 0.25) is 0 Å². The highest BCUT2D eigenvalue weighted by Gasteiger charge is 2.11. The van der Waals surface area contributed by atoms with Crippen molar-refractivity contribution in [3.8, 4) is 0 Å². The van der Waals surface area contributed by atoms with Crippen molar-refractivity contribution < 1.29 is 8.42 Å². The van der Waals surface area contributed by atoms with Crippen LogP contribution < -0.4 is 10.0 Å². The Kier molecular flexibility index (Phi) is 5.98. The Morgan fingerprint density at radius 2 is 1.83 bits per heavy atom. The first-order valence-corrected chi connectivity index (χ1v) is 9.37.